The average molecular weight is 585 g/mol. The van der Waals surface area contributed by atoms with Crippen LogP contribution in [0.15, 0.2) is 34.9 Å². The zero-order chi connectivity index (χ0) is 26.2. The van der Waals surface area contributed by atoms with E-state index in [9.17, 15) is 4.79 Å². The summed E-state index contributed by atoms with van der Waals surface area (Å²) in [6, 6.07) is 8.05. The van der Waals surface area contributed by atoms with Crippen LogP contribution in [0.2, 0.25) is 0 Å². The lowest BCUT2D eigenvalue weighted by atomic mass is 9.40. The number of ether oxygens (including phenoxy) is 1. The van der Waals surface area contributed by atoms with Gasteiger partial charge in [0.25, 0.3) is 0 Å². The molecule has 0 amide bonds. The number of nitrogens with zero attached hydrogens (tertiary/aromatic N) is 2. The van der Waals surface area contributed by atoms with Crippen LogP contribution in [0, 0.1) is 22.7 Å². The molecule has 198 valence electrons. The summed E-state index contributed by atoms with van der Waals surface area (Å²) in [7, 11) is 0. The fourth-order valence-corrected chi connectivity index (χ4v) is 10.1. The molecule has 1 aromatic carbocycles. The van der Waals surface area contributed by atoms with E-state index in [0.29, 0.717) is 23.6 Å². The number of benzene rings is 1. The Morgan fingerprint density at radius 2 is 1.97 bits per heavy atom. The van der Waals surface area contributed by atoms with Crippen molar-refractivity contribution in [1.82, 2.24) is 9.78 Å². The Hall–Kier alpha value is -1.73. The molecule has 0 unspecified atom stereocenters. The Morgan fingerprint density at radius 1 is 1.19 bits per heavy atom. The first-order valence-electron chi connectivity index (χ1n) is 13.9. The molecule has 3 saturated carbocycles. The van der Waals surface area contributed by atoms with Crippen molar-refractivity contribution >= 4 is 44.9 Å². The first-order valence-corrected chi connectivity index (χ1v) is 15.1. The topological polar surface area (TPSA) is 56.1 Å². The maximum Gasteiger partial charge on any atom is 0.312 e. The predicted octanol–water partition coefficient (Wildman–Crippen LogP) is 7.37. The van der Waals surface area contributed by atoms with Gasteiger partial charge in [-0.1, -0.05) is 42.3 Å². The first-order chi connectivity index (χ1) is 17.6. The molecule has 6 atom stereocenters. The second-order valence-electron chi connectivity index (χ2n) is 12.8. The van der Waals surface area contributed by atoms with Crippen molar-refractivity contribution in [3.8, 4) is 0 Å². The maximum absolute atomic E-state index is 13.3. The number of nitrogens with one attached hydrogen (secondary N) is 1. The fraction of sp³-hybridized carbons (Fsp3) is 0.633. The number of rotatable bonds is 3. The number of thiocarbonyl (C=S) groups is 1. The molecule has 37 heavy (non-hydrogen) atoms. The summed E-state index contributed by atoms with van der Waals surface area (Å²) >= 11 is 9.37. The molecule has 6 rings (SSSR count). The summed E-state index contributed by atoms with van der Waals surface area (Å²) in [4.78, 5) is 13.3. The summed E-state index contributed by atoms with van der Waals surface area (Å²) in [5, 5.41) is 9.12. The van der Waals surface area contributed by atoms with E-state index < -0.39 is 0 Å². The van der Waals surface area contributed by atoms with Gasteiger partial charge in [-0.25, -0.2) is 4.68 Å². The molecule has 7 heteroatoms. The third-order valence-corrected chi connectivity index (χ3v) is 11.6. The van der Waals surface area contributed by atoms with Crippen molar-refractivity contribution in [1.29, 1.82) is 0 Å². The largest absolute Gasteiger partial charge is 0.466 e. The quantitative estimate of drug-likeness (QED) is 0.302. The van der Waals surface area contributed by atoms with Gasteiger partial charge in [0.2, 0.25) is 0 Å². The molecule has 2 bridgehead atoms. The number of hydrogen-bond donors (Lipinski definition) is 1. The van der Waals surface area contributed by atoms with Crippen LogP contribution in [0.5, 0.6) is 0 Å². The molecule has 3 fully saturated rings. The van der Waals surface area contributed by atoms with Crippen LogP contribution in [0.3, 0.4) is 0 Å². The zero-order valence-corrected chi connectivity index (χ0v) is 24.8. The maximum atomic E-state index is 13.3. The highest BCUT2D eigenvalue weighted by molar-refractivity contribution is 9.10. The number of carbonyl (C=O) groups excluding carboxylic acids is 1. The van der Waals surface area contributed by atoms with E-state index in [1.54, 1.807) is 0 Å². The molecule has 2 aromatic rings. The number of esters is 1. The van der Waals surface area contributed by atoms with Crippen LogP contribution in [-0.4, -0.2) is 27.5 Å². The van der Waals surface area contributed by atoms with Gasteiger partial charge < -0.3 is 10.1 Å². The van der Waals surface area contributed by atoms with Gasteiger partial charge in [0.05, 0.1) is 17.7 Å². The smallest absolute Gasteiger partial charge is 0.312 e. The molecule has 1 heterocycles. The van der Waals surface area contributed by atoms with Gasteiger partial charge in [0, 0.05) is 32.8 Å². The Balaban J connectivity index is 1.36. The van der Waals surface area contributed by atoms with Gasteiger partial charge in [0.1, 0.15) is 0 Å². The van der Waals surface area contributed by atoms with Gasteiger partial charge in [-0.3, -0.25) is 4.79 Å². The highest BCUT2D eigenvalue weighted by atomic mass is 79.9. The van der Waals surface area contributed by atoms with Crippen molar-refractivity contribution < 1.29 is 9.53 Å². The minimum atomic E-state index is -0.383. The Kier molecular flexibility index (Phi) is 5.96. The molecular weight excluding hydrogens is 546 g/mol. The minimum Gasteiger partial charge on any atom is -0.466 e. The van der Waals surface area contributed by atoms with E-state index in [4.69, 9.17) is 22.1 Å². The number of halogens is 1. The van der Waals surface area contributed by atoms with E-state index >= 15 is 0 Å². The van der Waals surface area contributed by atoms with E-state index in [2.05, 4.69) is 48.2 Å². The SMILES string of the molecule is CCOC(=O)[C@]1(C)CCC[C@@]2(C)[C@@H]3CC[C@@]4(C)C[C@]3(CC[C@@H]21)c1cn(C(=S)Nc2cccc(Br)c2)nc14. The number of fused-ring (bicyclic) bond motifs is 5. The van der Waals surface area contributed by atoms with Crippen LogP contribution >= 0.6 is 28.1 Å². The molecule has 0 radical (unpaired) electrons. The third-order valence-electron chi connectivity index (χ3n) is 10.9. The van der Waals surface area contributed by atoms with E-state index in [1.807, 2.05) is 35.9 Å². The van der Waals surface area contributed by atoms with Gasteiger partial charge >= 0.3 is 5.97 Å². The third kappa shape index (κ3) is 3.62. The standard InChI is InChI=1S/C30H38BrN3O2S/c1-5-36-25(35)29(4)13-7-12-28(3)22(29)11-15-30-18-27(2,14-10-23(28)30)24-21(30)17-34(33-24)26(37)32-20-9-6-8-19(31)16-20/h6,8-9,16-17,22-23H,5,7,10-15,18H2,1-4H3,(H,32,37)/t22-,23-,27-,28+,29+,30+/m0/s1. The summed E-state index contributed by atoms with van der Waals surface area (Å²) in [6.45, 7) is 9.50. The van der Waals surface area contributed by atoms with Crippen molar-refractivity contribution in [2.75, 3.05) is 11.9 Å². The van der Waals surface area contributed by atoms with E-state index in [-0.39, 0.29) is 27.6 Å². The van der Waals surface area contributed by atoms with Crippen molar-refractivity contribution in [3.63, 3.8) is 0 Å². The second-order valence-corrected chi connectivity index (χ2v) is 14.2. The highest BCUT2D eigenvalue weighted by Gasteiger charge is 2.68. The van der Waals surface area contributed by atoms with Gasteiger partial charge in [0.15, 0.2) is 5.11 Å². The van der Waals surface area contributed by atoms with Gasteiger partial charge in [-0.15, -0.1) is 0 Å². The first kappa shape index (κ1) is 25.5. The van der Waals surface area contributed by atoms with Gasteiger partial charge in [-0.05, 0) is 106 Å². The summed E-state index contributed by atoms with van der Waals surface area (Å²) in [6.07, 6.45) is 11.2. The molecule has 0 saturated heterocycles. The van der Waals surface area contributed by atoms with Crippen LogP contribution in [-0.2, 0) is 20.4 Å². The average Bonchev–Trinajstić information content (AvgIpc) is 3.37. The lowest BCUT2D eigenvalue weighted by Crippen LogP contribution is -2.60. The molecular formula is C30H38BrN3O2S. The van der Waals surface area contributed by atoms with Crippen LogP contribution in [0.4, 0.5) is 5.69 Å². The van der Waals surface area contributed by atoms with Crippen LogP contribution < -0.4 is 5.32 Å². The lowest BCUT2D eigenvalue weighted by molar-refractivity contribution is -0.180. The normalized spacial score (nSPS) is 37.8. The van der Waals surface area contributed by atoms with Crippen LogP contribution in [0.25, 0.3) is 0 Å². The molecule has 4 aliphatic rings. The van der Waals surface area contributed by atoms with Gasteiger partial charge in [-0.2, -0.15) is 5.10 Å². The summed E-state index contributed by atoms with van der Waals surface area (Å²) < 4.78 is 8.57. The number of aromatic nitrogens is 2. The predicted molar refractivity (Wildman–Crippen MR) is 154 cm³/mol. The fourth-order valence-electron chi connectivity index (χ4n) is 9.45. The monoisotopic (exact) mass is 583 g/mol. The Bertz CT molecular complexity index is 1280. The minimum absolute atomic E-state index is 0.0198. The zero-order valence-electron chi connectivity index (χ0n) is 22.4. The van der Waals surface area contributed by atoms with Crippen molar-refractivity contribution in [2.45, 2.75) is 89.9 Å². The van der Waals surface area contributed by atoms with Crippen molar-refractivity contribution in [3.05, 3.63) is 46.2 Å². The number of carbonyl (C=O) groups is 1. The molecule has 0 aliphatic heterocycles. The van der Waals surface area contributed by atoms with Crippen LogP contribution in [0.1, 0.15) is 90.3 Å². The molecule has 5 nitrogen and oxygen atoms in total. The Labute approximate surface area is 234 Å². The highest BCUT2D eigenvalue weighted by Crippen LogP contribution is 2.72. The molecule has 1 N–H and O–H groups in total. The summed E-state index contributed by atoms with van der Waals surface area (Å²) in [5.41, 5.74) is 3.56. The van der Waals surface area contributed by atoms with Crippen molar-refractivity contribution in [2.24, 2.45) is 22.7 Å². The number of hydrogen-bond acceptors (Lipinski definition) is 4. The Morgan fingerprint density at radius 3 is 2.73 bits per heavy atom. The number of anilines is 1. The molecule has 1 spiro atoms. The summed E-state index contributed by atoms with van der Waals surface area (Å²) in [5.74, 6) is 0.934. The van der Waals surface area contributed by atoms with E-state index in [1.165, 1.54) is 30.5 Å². The molecule has 4 aliphatic carbocycles. The molecule has 1 aromatic heterocycles. The lowest BCUT2D eigenvalue weighted by Gasteiger charge is -2.64. The second kappa shape index (κ2) is 8.64. The van der Waals surface area contributed by atoms with E-state index in [0.717, 1.165) is 42.3 Å².